The van der Waals surface area contributed by atoms with Gasteiger partial charge in [-0.05, 0) is 23.3 Å². The Balaban J connectivity index is 1.16. The predicted molar refractivity (Wildman–Crippen MR) is 136 cm³/mol. The Morgan fingerprint density at radius 3 is 2.33 bits per heavy atom. The number of benzene rings is 1. The van der Waals surface area contributed by atoms with E-state index in [-0.39, 0.29) is 11.7 Å². The van der Waals surface area contributed by atoms with Crippen LogP contribution in [-0.4, -0.2) is 60.5 Å². The fraction of sp³-hybridized carbons (Fsp3) is 0.269. The molecule has 0 radical (unpaired) electrons. The van der Waals surface area contributed by atoms with Gasteiger partial charge in [0.15, 0.2) is 5.82 Å². The van der Waals surface area contributed by atoms with Gasteiger partial charge in [-0.2, -0.15) is 10.2 Å². The Morgan fingerprint density at radius 1 is 0.861 bits per heavy atom. The van der Waals surface area contributed by atoms with Crippen LogP contribution in [0.4, 0.5) is 16.2 Å². The minimum Gasteiger partial charge on any atom is -0.351 e. The molecule has 9 nitrogen and oxygen atoms in total. The number of aryl methyl sites for hydroxylation is 1. The van der Waals surface area contributed by atoms with Gasteiger partial charge in [0.05, 0.1) is 6.20 Å². The molecule has 1 fully saturated rings. The molecular formula is C26H26FN9. The molecule has 4 aromatic heterocycles. The van der Waals surface area contributed by atoms with E-state index in [2.05, 4.69) is 41.0 Å². The maximum absolute atomic E-state index is 14.2. The van der Waals surface area contributed by atoms with Gasteiger partial charge < -0.3 is 9.80 Å². The zero-order valence-electron chi connectivity index (χ0n) is 20.2. The first-order valence-electron chi connectivity index (χ1n) is 12.0. The van der Waals surface area contributed by atoms with Crippen molar-refractivity contribution in [3.8, 4) is 11.1 Å². The van der Waals surface area contributed by atoms with Crippen LogP contribution in [0.3, 0.4) is 0 Å². The van der Waals surface area contributed by atoms with Gasteiger partial charge in [0.1, 0.15) is 17.7 Å². The molecule has 5 heterocycles. The Hall–Kier alpha value is -4.34. The number of nitrogens with zero attached hydrogens (tertiary/aromatic N) is 9. The van der Waals surface area contributed by atoms with E-state index in [9.17, 15) is 4.39 Å². The average Bonchev–Trinajstić information content (AvgIpc) is 3.55. The monoisotopic (exact) mass is 483 g/mol. The summed E-state index contributed by atoms with van der Waals surface area (Å²) in [6, 6.07) is 8.95. The summed E-state index contributed by atoms with van der Waals surface area (Å²) >= 11 is 0. The van der Waals surface area contributed by atoms with Crippen LogP contribution in [0.25, 0.3) is 16.6 Å². The van der Waals surface area contributed by atoms with Crippen LogP contribution in [0.5, 0.6) is 0 Å². The summed E-state index contributed by atoms with van der Waals surface area (Å²) in [7, 11) is 1.91. The number of fused-ring (bicyclic) bond motifs is 1. The lowest BCUT2D eigenvalue weighted by Crippen LogP contribution is -2.47. The fourth-order valence-electron chi connectivity index (χ4n) is 4.73. The molecule has 0 saturated carbocycles. The van der Waals surface area contributed by atoms with Crippen LogP contribution in [-0.2, 0) is 7.05 Å². The van der Waals surface area contributed by atoms with Crippen LogP contribution >= 0.6 is 0 Å². The van der Waals surface area contributed by atoms with Crippen LogP contribution in [0.15, 0.2) is 67.6 Å². The Morgan fingerprint density at radius 2 is 1.61 bits per heavy atom. The zero-order chi connectivity index (χ0) is 24.6. The molecule has 1 aliphatic rings. The van der Waals surface area contributed by atoms with E-state index in [1.807, 2.05) is 49.2 Å². The molecular weight excluding hydrogens is 457 g/mol. The third-order valence-corrected chi connectivity index (χ3v) is 6.82. The van der Waals surface area contributed by atoms with E-state index in [1.54, 1.807) is 29.5 Å². The Kier molecular flexibility index (Phi) is 5.55. The largest absolute Gasteiger partial charge is 0.351 e. The van der Waals surface area contributed by atoms with E-state index in [0.29, 0.717) is 11.5 Å². The molecule has 0 amide bonds. The summed E-state index contributed by atoms with van der Waals surface area (Å²) in [6.45, 7) is 5.09. The number of piperazine rings is 1. The van der Waals surface area contributed by atoms with Crippen LogP contribution in [0.1, 0.15) is 24.0 Å². The minimum absolute atomic E-state index is 0.115. The summed E-state index contributed by atoms with van der Waals surface area (Å²) in [5.41, 5.74) is 4.61. The van der Waals surface area contributed by atoms with Crippen molar-refractivity contribution < 1.29 is 4.39 Å². The smallest absolute Gasteiger partial charge is 0.225 e. The van der Waals surface area contributed by atoms with Gasteiger partial charge in [0.25, 0.3) is 0 Å². The number of rotatable bonds is 5. The fourth-order valence-corrected chi connectivity index (χ4v) is 4.73. The molecule has 0 bridgehead atoms. The van der Waals surface area contributed by atoms with Crippen molar-refractivity contribution in [2.24, 2.45) is 7.05 Å². The quantitative estimate of drug-likeness (QED) is 0.378. The van der Waals surface area contributed by atoms with Crippen LogP contribution in [0, 0.1) is 5.82 Å². The molecule has 1 aromatic carbocycles. The number of anilines is 2. The van der Waals surface area contributed by atoms with E-state index < -0.39 is 0 Å². The van der Waals surface area contributed by atoms with Gasteiger partial charge in [-0.3, -0.25) is 4.68 Å². The first-order chi connectivity index (χ1) is 17.6. The molecule has 1 aliphatic heterocycles. The van der Waals surface area contributed by atoms with Gasteiger partial charge in [0.2, 0.25) is 5.95 Å². The molecule has 0 N–H and O–H groups in total. The SMILES string of the molecule is CC(c1cnc(N2CCN(c3ncnn4cc(-c5cnn(C)c5)cc34)CC2)nc1)c1ccccc1F. The molecule has 1 atom stereocenters. The first-order valence-corrected chi connectivity index (χ1v) is 12.0. The molecule has 0 aliphatic carbocycles. The highest BCUT2D eigenvalue weighted by molar-refractivity contribution is 5.77. The summed E-state index contributed by atoms with van der Waals surface area (Å²) in [4.78, 5) is 18.2. The standard InChI is InChI=1S/C26H26FN9/c1-18(22-5-3-4-6-23(22)27)20-12-28-26(29-13-20)35-9-7-34(8-10-35)25-24-11-19(16-36(24)32-17-30-25)21-14-31-33(2)15-21/h3-6,11-18H,7-10H2,1-2H3. The van der Waals surface area contributed by atoms with Gasteiger partial charge in [0, 0.05) is 75.1 Å². The minimum atomic E-state index is -0.209. The topological polar surface area (TPSA) is 80.3 Å². The van der Waals surface area contributed by atoms with E-state index >= 15 is 0 Å². The van der Waals surface area contributed by atoms with E-state index in [0.717, 1.165) is 54.2 Å². The third-order valence-electron chi connectivity index (χ3n) is 6.82. The third kappa shape index (κ3) is 4.04. The lowest BCUT2D eigenvalue weighted by molar-refractivity contribution is 0.602. The van der Waals surface area contributed by atoms with Crippen molar-refractivity contribution >= 4 is 17.3 Å². The van der Waals surface area contributed by atoms with E-state index in [4.69, 9.17) is 0 Å². The number of halogens is 1. The van der Waals surface area contributed by atoms with Crippen molar-refractivity contribution in [3.05, 3.63) is 84.6 Å². The van der Waals surface area contributed by atoms with Crippen molar-refractivity contribution in [3.63, 3.8) is 0 Å². The van der Waals surface area contributed by atoms with Crippen LogP contribution in [0.2, 0.25) is 0 Å². The maximum Gasteiger partial charge on any atom is 0.225 e. The second kappa shape index (κ2) is 9.03. The van der Waals surface area contributed by atoms with Crippen LogP contribution < -0.4 is 9.80 Å². The first kappa shape index (κ1) is 22.1. The van der Waals surface area contributed by atoms with Gasteiger partial charge in [-0.1, -0.05) is 25.1 Å². The summed E-state index contributed by atoms with van der Waals surface area (Å²) in [5, 5.41) is 8.67. The number of hydrogen-bond acceptors (Lipinski definition) is 7. The molecule has 182 valence electrons. The van der Waals surface area contributed by atoms with Gasteiger partial charge >= 0.3 is 0 Å². The highest BCUT2D eigenvalue weighted by Gasteiger charge is 2.23. The second-order valence-electron chi connectivity index (χ2n) is 9.08. The lowest BCUT2D eigenvalue weighted by Gasteiger charge is -2.35. The zero-order valence-corrected chi connectivity index (χ0v) is 20.2. The second-order valence-corrected chi connectivity index (χ2v) is 9.08. The predicted octanol–water partition coefficient (Wildman–Crippen LogP) is 3.54. The average molecular weight is 484 g/mol. The molecule has 36 heavy (non-hydrogen) atoms. The normalized spacial score (nSPS) is 15.0. The summed E-state index contributed by atoms with van der Waals surface area (Å²) in [5.74, 6) is 1.28. The molecule has 0 spiro atoms. The highest BCUT2D eigenvalue weighted by Crippen LogP contribution is 2.28. The van der Waals surface area contributed by atoms with Gasteiger partial charge in [-0.25, -0.2) is 23.9 Å². The molecule has 6 rings (SSSR count). The molecule has 1 unspecified atom stereocenters. The van der Waals surface area contributed by atoms with E-state index in [1.165, 1.54) is 6.07 Å². The Labute approximate surface area is 207 Å². The summed E-state index contributed by atoms with van der Waals surface area (Å²) in [6.07, 6.45) is 11.1. The summed E-state index contributed by atoms with van der Waals surface area (Å²) < 4.78 is 17.9. The highest BCUT2D eigenvalue weighted by atomic mass is 19.1. The lowest BCUT2D eigenvalue weighted by atomic mass is 9.95. The number of hydrogen-bond donors (Lipinski definition) is 0. The van der Waals surface area contributed by atoms with Crippen molar-refractivity contribution in [2.45, 2.75) is 12.8 Å². The van der Waals surface area contributed by atoms with Crippen molar-refractivity contribution in [1.29, 1.82) is 0 Å². The van der Waals surface area contributed by atoms with Gasteiger partial charge in [-0.15, -0.1) is 0 Å². The maximum atomic E-state index is 14.2. The Bertz CT molecular complexity index is 1500. The van der Waals surface area contributed by atoms with Crippen molar-refractivity contribution in [2.75, 3.05) is 36.0 Å². The molecule has 1 saturated heterocycles. The number of aromatic nitrogens is 7. The van der Waals surface area contributed by atoms with Crippen molar-refractivity contribution in [1.82, 2.24) is 34.3 Å². The molecule has 5 aromatic rings. The molecule has 10 heteroatoms.